The maximum Gasteiger partial charge on any atom is 0.149 e. The van der Waals surface area contributed by atoms with E-state index in [4.69, 9.17) is 32.8 Å². The zero-order chi connectivity index (χ0) is 12.4. The molecule has 2 atom stereocenters. The van der Waals surface area contributed by atoms with E-state index < -0.39 is 0 Å². The summed E-state index contributed by atoms with van der Waals surface area (Å²) in [6.07, 6.45) is 0.540. The Kier molecular flexibility index (Phi) is 3.79. The van der Waals surface area contributed by atoms with Crippen molar-refractivity contribution < 1.29 is 9.57 Å². The van der Waals surface area contributed by atoms with Crippen molar-refractivity contribution in [3.63, 3.8) is 0 Å². The molecule has 0 fully saturated rings. The second-order valence-corrected chi connectivity index (χ2v) is 4.98. The number of hydrogen-bond donors (Lipinski definition) is 0. The van der Waals surface area contributed by atoms with Crippen LogP contribution in [-0.4, -0.2) is 24.3 Å². The predicted octanol–water partition coefficient (Wildman–Crippen LogP) is 3.47. The third-order valence-electron chi connectivity index (χ3n) is 2.69. The molecule has 0 aliphatic carbocycles. The van der Waals surface area contributed by atoms with Gasteiger partial charge in [-0.05, 0) is 19.1 Å². The maximum absolute atomic E-state index is 6.17. The van der Waals surface area contributed by atoms with Crippen molar-refractivity contribution in [2.75, 3.05) is 7.11 Å². The summed E-state index contributed by atoms with van der Waals surface area (Å²) in [6, 6.07) is 5.49. The zero-order valence-corrected chi connectivity index (χ0v) is 11.1. The van der Waals surface area contributed by atoms with Crippen LogP contribution >= 0.6 is 23.2 Å². The fourth-order valence-corrected chi connectivity index (χ4v) is 2.15. The van der Waals surface area contributed by atoms with Gasteiger partial charge in [0.1, 0.15) is 11.9 Å². The SMILES string of the molecule is COc1cccc(Cl)c1C1=NOC(C(C)Cl)C1. The number of methoxy groups -OCH3 is 1. The van der Waals surface area contributed by atoms with Crippen molar-refractivity contribution in [3.05, 3.63) is 28.8 Å². The minimum atomic E-state index is -0.104. The van der Waals surface area contributed by atoms with Crippen molar-refractivity contribution in [2.24, 2.45) is 5.16 Å². The molecular formula is C12H13Cl2NO2. The molecule has 1 aliphatic rings. The first-order valence-electron chi connectivity index (χ1n) is 5.33. The number of alkyl halides is 1. The Morgan fingerprint density at radius 2 is 2.29 bits per heavy atom. The van der Waals surface area contributed by atoms with Gasteiger partial charge in [0, 0.05) is 6.42 Å². The molecule has 0 aromatic heterocycles. The van der Waals surface area contributed by atoms with Gasteiger partial charge in [0.25, 0.3) is 0 Å². The summed E-state index contributed by atoms with van der Waals surface area (Å²) in [5.41, 5.74) is 1.57. The van der Waals surface area contributed by atoms with Gasteiger partial charge in [-0.25, -0.2) is 0 Å². The normalized spacial score (nSPS) is 20.7. The summed E-state index contributed by atoms with van der Waals surface area (Å²) >= 11 is 12.2. The van der Waals surface area contributed by atoms with Gasteiger partial charge >= 0.3 is 0 Å². The van der Waals surface area contributed by atoms with Crippen molar-refractivity contribution in [1.82, 2.24) is 0 Å². The molecule has 0 spiro atoms. The fraction of sp³-hybridized carbons (Fsp3) is 0.417. The molecule has 0 bridgehead atoms. The average Bonchev–Trinajstić information content (AvgIpc) is 2.77. The van der Waals surface area contributed by atoms with Crippen LogP contribution in [-0.2, 0) is 4.84 Å². The highest BCUT2D eigenvalue weighted by atomic mass is 35.5. The first-order chi connectivity index (χ1) is 8.13. The van der Waals surface area contributed by atoms with Crippen LogP contribution in [0.2, 0.25) is 5.02 Å². The minimum Gasteiger partial charge on any atom is -0.496 e. The topological polar surface area (TPSA) is 30.8 Å². The summed E-state index contributed by atoms with van der Waals surface area (Å²) < 4.78 is 5.28. The largest absolute Gasteiger partial charge is 0.496 e. The van der Waals surface area contributed by atoms with Crippen LogP contribution in [0, 0.1) is 0 Å². The van der Waals surface area contributed by atoms with Gasteiger partial charge in [0.15, 0.2) is 0 Å². The van der Waals surface area contributed by atoms with E-state index in [2.05, 4.69) is 5.16 Å². The number of rotatable bonds is 3. The van der Waals surface area contributed by atoms with Gasteiger partial charge < -0.3 is 9.57 Å². The van der Waals surface area contributed by atoms with Crippen LogP contribution in [0.1, 0.15) is 18.9 Å². The van der Waals surface area contributed by atoms with Gasteiger partial charge in [-0.15, -0.1) is 11.6 Å². The molecule has 0 amide bonds. The van der Waals surface area contributed by atoms with E-state index >= 15 is 0 Å². The molecule has 3 nitrogen and oxygen atoms in total. The summed E-state index contributed by atoms with van der Waals surface area (Å²) in [5.74, 6) is 0.697. The van der Waals surface area contributed by atoms with E-state index in [1.54, 1.807) is 13.2 Å². The Morgan fingerprint density at radius 1 is 1.53 bits per heavy atom. The monoisotopic (exact) mass is 273 g/mol. The minimum absolute atomic E-state index is 0.0928. The van der Waals surface area contributed by atoms with Crippen molar-refractivity contribution in [3.8, 4) is 5.75 Å². The molecule has 0 saturated carbocycles. The fourth-order valence-electron chi connectivity index (χ4n) is 1.74. The molecule has 2 rings (SSSR count). The number of benzene rings is 1. The molecule has 1 aliphatic heterocycles. The average molecular weight is 274 g/mol. The van der Waals surface area contributed by atoms with Gasteiger partial charge in [0.2, 0.25) is 0 Å². The van der Waals surface area contributed by atoms with Gasteiger partial charge in [-0.2, -0.15) is 0 Å². The summed E-state index contributed by atoms with van der Waals surface area (Å²) in [5, 5.41) is 4.56. The molecule has 0 N–H and O–H groups in total. The van der Waals surface area contributed by atoms with E-state index in [1.165, 1.54) is 0 Å². The van der Waals surface area contributed by atoms with Crippen LogP contribution in [0.25, 0.3) is 0 Å². The summed E-state index contributed by atoms with van der Waals surface area (Å²) in [6.45, 7) is 1.88. The molecule has 2 unspecified atom stereocenters. The lowest BCUT2D eigenvalue weighted by Crippen LogP contribution is -2.18. The van der Waals surface area contributed by atoms with Crippen molar-refractivity contribution in [2.45, 2.75) is 24.8 Å². The van der Waals surface area contributed by atoms with E-state index in [1.807, 2.05) is 19.1 Å². The molecule has 5 heteroatoms. The molecule has 1 aromatic rings. The van der Waals surface area contributed by atoms with Gasteiger partial charge in [0.05, 0.1) is 28.8 Å². The highest BCUT2D eigenvalue weighted by molar-refractivity contribution is 6.34. The first-order valence-corrected chi connectivity index (χ1v) is 6.14. The smallest absolute Gasteiger partial charge is 0.149 e. The highest BCUT2D eigenvalue weighted by Crippen LogP contribution is 2.31. The zero-order valence-electron chi connectivity index (χ0n) is 9.61. The quantitative estimate of drug-likeness (QED) is 0.790. The number of hydrogen-bond acceptors (Lipinski definition) is 3. The molecule has 92 valence electrons. The Labute approximate surface area is 110 Å². The molecule has 0 saturated heterocycles. The third kappa shape index (κ3) is 2.50. The number of nitrogens with zero attached hydrogens (tertiary/aromatic N) is 1. The Bertz CT molecular complexity index is 446. The molecular weight excluding hydrogens is 261 g/mol. The maximum atomic E-state index is 6.17. The number of halogens is 2. The second kappa shape index (κ2) is 5.15. The Balaban J connectivity index is 2.30. The van der Waals surface area contributed by atoms with Crippen LogP contribution in [0.4, 0.5) is 0 Å². The molecule has 0 radical (unpaired) electrons. The highest BCUT2D eigenvalue weighted by Gasteiger charge is 2.28. The van der Waals surface area contributed by atoms with Crippen LogP contribution in [0.5, 0.6) is 5.75 Å². The summed E-state index contributed by atoms with van der Waals surface area (Å²) in [4.78, 5) is 5.28. The van der Waals surface area contributed by atoms with Crippen LogP contribution in [0.15, 0.2) is 23.4 Å². The first kappa shape index (κ1) is 12.5. The van der Waals surface area contributed by atoms with Crippen molar-refractivity contribution in [1.29, 1.82) is 0 Å². The lowest BCUT2D eigenvalue weighted by Gasteiger charge is -2.11. The van der Waals surface area contributed by atoms with Crippen LogP contribution < -0.4 is 4.74 Å². The van der Waals surface area contributed by atoms with Gasteiger partial charge in [-0.1, -0.05) is 22.8 Å². The lowest BCUT2D eigenvalue weighted by molar-refractivity contribution is 0.0855. The van der Waals surface area contributed by atoms with Crippen molar-refractivity contribution >= 4 is 28.9 Å². The Hall–Kier alpha value is -0.930. The summed E-state index contributed by atoms with van der Waals surface area (Å²) in [7, 11) is 1.60. The van der Waals surface area contributed by atoms with E-state index in [-0.39, 0.29) is 11.5 Å². The Morgan fingerprint density at radius 3 is 2.88 bits per heavy atom. The standard InChI is InChI=1S/C12H13Cl2NO2/c1-7(13)11-6-9(15-17-11)12-8(14)4-3-5-10(12)16-2/h3-5,7,11H,6H2,1-2H3. The third-order valence-corrected chi connectivity index (χ3v) is 3.29. The molecule has 1 heterocycles. The van der Waals surface area contributed by atoms with E-state index in [9.17, 15) is 0 Å². The molecule has 17 heavy (non-hydrogen) atoms. The second-order valence-electron chi connectivity index (χ2n) is 3.88. The predicted molar refractivity (Wildman–Crippen MR) is 69.3 cm³/mol. The molecule has 1 aromatic carbocycles. The lowest BCUT2D eigenvalue weighted by atomic mass is 10.0. The van der Waals surface area contributed by atoms with E-state index in [0.29, 0.717) is 17.2 Å². The van der Waals surface area contributed by atoms with Crippen LogP contribution in [0.3, 0.4) is 0 Å². The number of ether oxygens (including phenoxy) is 1. The van der Waals surface area contributed by atoms with Gasteiger partial charge in [-0.3, -0.25) is 0 Å². The van der Waals surface area contributed by atoms with E-state index in [0.717, 1.165) is 11.3 Å². The number of oxime groups is 1.